The summed E-state index contributed by atoms with van der Waals surface area (Å²) >= 11 is 4.19. The van der Waals surface area contributed by atoms with Gasteiger partial charge < -0.3 is 23.6 Å². The maximum Gasteiger partial charge on any atom is 0.323 e. The standard InChI is InChI=1S/C24H18F2N2O6S/c25-18-9-17(21(35)10-19(18)26)14-1-3-15(4-2-14)33-13-16-5-6-20(34-16)24(31)28(12-23(29)30)11-22-27-7-8-32-22/h1-10,35H,11-13H2,(H,29,30). The van der Waals surface area contributed by atoms with E-state index in [-0.39, 0.29) is 24.8 Å². The van der Waals surface area contributed by atoms with Crippen molar-refractivity contribution in [3.8, 4) is 16.9 Å². The Morgan fingerprint density at radius 2 is 1.83 bits per heavy atom. The van der Waals surface area contributed by atoms with Gasteiger partial charge in [-0.15, -0.1) is 12.6 Å². The number of halogens is 2. The summed E-state index contributed by atoms with van der Waals surface area (Å²) in [5.74, 6) is -2.85. The molecule has 0 fully saturated rings. The van der Waals surface area contributed by atoms with Crippen LogP contribution in [0.5, 0.6) is 5.75 Å². The SMILES string of the molecule is O=C(O)CN(Cc1ncco1)C(=O)c1ccc(COc2ccc(-c3cc(F)c(F)cc3S)cc2)o1. The lowest BCUT2D eigenvalue weighted by atomic mass is 10.1. The number of carboxylic acids is 1. The molecule has 180 valence electrons. The molecular formula is C24H18F2N2O6S. The lowest BCUT2D eigenvalue weighted by Gasteiger charge is -2.17. The number of thiol groups is 1. The van der Waals surface area contributed by atoms with Crippen LogP contribution in [0.2, 0.25) is 0 Å². The van der Waals surface area contributed by atoms with Gasteiger partial charge in [-0.2, -0.15) is 0 Å². The summed E-state index contributed by atoms with van der Waals surface area (Å²) in [5.41, 5.74) is 1.06. The van der Waals surface area contributed by atoms with Gasteiger partial charge in [-0.25, -0.2) is 13.8 Å². The molecule has 2 aromatic carbocycles. The van der Waals surface area contributed by atoms with Crippen molar-refractivity contribution in [1.82, 2.24) is 9.88 Å². The second kappa shape index (κ2) is 10.4. The van der Waals surface area contributed by atoms with Crippen molar-refractivity contribution in [3.63, 3.8) is 0 Å². The number of ether oxygens (including phenoxy) is 1. The first-order chi connectivity index (χ1) is 16.8. The highest BCUT2D eigenvalue weighted by Gasteiger charge is 2.23. The Hall–Kier alpha value is -4.12. The lowest BCUT2D eigenvalue weighted by molar-refractivity contribution is -0.137. The molecule has 4 aromatic rings. The first-order valence-electron chi connectivity index (χ1n) is 10.2. The van der Waals surface area contributed by atoms with Crippen LogP contribution in [0.15, 0.2) is 74.7 Å². The highest BCUT2D eigenvalue weighted by molar-refractivity contribution is 7.80. The summed E-state index contributed by atoms with van der Waals surface area (Å²) < 4.78 is 43.2. The zero-order valence-electron chi connectivity index (χ0n) is 18.0. The van der Waals surface area contributed by atoms with Gasteiger partial charge in [-0.1, -0.05) is 12.1 Å². The number of aliphatic carboxylic acids is 1. The Bertz CT molecular complexity index is 1340. The van der Waals surface area contributed by atoms with Crippen LogP contribution < -0.4 is 4.74 Å². The van der Waals surface area contributed by atoms with Crippen LogP contribution in [0.1, 0.15) is 22.2 Å². The van der Waals surface area contributed by atoms with Crippen molar-refractivity contribution in [2.75, 3.05) is 6.54 Å². The summed E-state index contributed by atoms with van der Waals surface area (Å²) in [4.78, 5) is 29.1. The molecule has 0 bridgehead atoms. The normalized spacial score (nSPS) is 10.8. The molecule has 1 amide bonds. The molecule has 0 aliphatic carbocycles. The van der Waals surface area contributed by atoms with E-state index in [0.717, 1.165) is 17.0 Å². The van der Waals surface area contributed by atoms with Gasteiger partial charge in [0.15, 0.2) is 17.4 Å². The fourth-order valence-electron chi connectivity index (χ4n) is 3.24. The van der Waals surface area contributed by atoms with Crippen molar-refractivity contribution in [2.24, 2.45) is 0 Å². The number of carboxylic acid groups (broad SMARTS) is 1. The van der Waals surface area contributed by atoms with Gasteiger partial charge in [0.1, 0.15) is 30.9 Å². The van der Waals surface area contributed by atoms with E-state index in [1.165, 1.54) is 18.5 Å². The van der Waals surface area contributed by atoms with Gasteiger partial charge in [-0.05, 0) is 47.5 Å². The quantitative estimate of drug-likeness (QED) is 0.318. The second-order valence-electron chi connectivity index (χ2n) is 7.34. The smallest absolute Gasteiger partial charge is 0.323 e. The number of carbonyl (C=O) groups excluding carboxylic acids is 1. The third-order valence-corrected chi connectivity index (χ3v) is 5.25. The molecule has 2 heterocycles. The number of rotatable bonds is 9. The van der Waals surface area contributed by atoms with Crippen LogP contribution in [0.4, 0.5) is 8.78 Å². The number of amides is 1. The van der Waals surface area contributed by atoms with E-state index in [1.54, 1.807) is 30.3 Å². The number of oxazole rings is 1. The molecule has 0 radical (unpaired) electrons. The predicted molar refractivity (Wildman–Crippen MR) is 121 cm³/mol. The number of carbonyl (C=O) groups is 2. The van der Waals surface area contributed by atoms with Crippen molar-refractivity contribution < 1.29 is 37.0 Å². The minimum absolute atomic E-state index is 0.00566. The second-order valence-corrected chi connectivity index (χ2v) is 7.83. The number of hydrogen-bond acceptors (Lipinski definition) is 7. The van der Waals surface area contributed by atoms with E-state index in [9.17, 15) is 18.4 Å². The maximum absolute atomic E-state index is 13.6. The van der Waals surface area contributed by atoms with E-state index >= 15 is 0 Å². The first kappa shape index (κ1) is 24.0. The van der Waals surface area contributed by atoms with Crippen LogP contribution >= 0.6 is 12.6 Å². The molecule has 0 saturated carbocycles. The zero-order valence-corrected chi connectivity index (χ0v) is 18.9. The van der Waals surface area contributed by atoms with Crippen LogP contribution in [0, 0.1) is 11.6 Å². The van der Waals surface area contributed by atoms with Gasteiger partial charge in [0.2, 0.25) is 5.89 Å². The third-order valence-electron chi connectivity index (χ3n) is 4.88. The average molecular weight is 500 g/mol. The summed E-state index contributed by atoms with van der Waals surface area (Å²) in [6.45, 7) is -0.705. The van der Waals surface area contributed by atoms with E-state index < -0.39 is 30.1 Å². The number of nitrogens with zero attached hydrogens (tertiary/aromatic N) is 2. The van der Waals surface area contributed by atoms with Gasteiger partial charge in [-0.3, -0.25) is 9.59 Å². The Labute approximate surface area is 203 Å². The highest BCUT2D eigenvalue weighted by atomic mass is 32.1. The topological polar surface area (TPSA) is 106 Å². The molecule has 8 nitrogen and oxygen atoms in total. The predicted octanol–water partition coefficient (Wildman–Crippen LogP) is 4.81. The molecule has 0 unspecified atom stereocenters. The summed E-state index contributed by atoms with van der Waals surface area (Å²) in [5, 5.41) is 9.12. The Kier molecular flexibility index (Phi) is 7.16. The number of hydrogen-bond donors (Lipinski definition) is 2. The zero-order chi connectivity index (χ0) is 24.9. The molecular weight excluding hydrogens is 482 g/mol. The van der Waals surface area contributed by atoms with Crippen molar-refractivity contribution in [2.45, 2.75) is 18.0 Å². The third kappa shape index (κ3) is 5.87. The number of furan rings is 1. The fraction of sp³-hybridized carbons (Fsp3) is 0.125. The molecule has 0 aliphatic rings. The highest BCUT2D eigenvalue weighted by Crippen LogP contribution is 2.30. The average Bonchev–Trinajstić information content (AvgIpc) is 3.52. The van der Waals surface area contributed by atoms with Gasteiger partial charge >= 0.3 is 5.97 Å². The van der Waals surface area contributed by atoms with Crippen molar-refractivity contribution >= 4 is 24.5 Å². The number of benzene rings is 2. The summed E-state index contributed by atoms with van der Waals surface area (Å²) in [6.07, 6.45) is 2.71. The Morgan fingerprint density at radius 3 is 2.51 bits per heavy atom. The lowest BCUT2D eigenvalue weighted by Crippen LogP contribution is -2.35. The summed E-state index contributed by atoms with van der Waals surface area (Å²) in [7, 11) is 0. The van der Waals surface area contributed by atoms with E-state index in [2.05, 4.69) is 17.6 Å². The number of aromatic nitrogens is 1. The van der Waals surface area contributed by atoms with Crippen molar-refractivity contribution in [1.29, 1.82) is 0 Å². The molecule has 11 heteroatoms. The maximum atomic E-state index is 13.6. The molecule has 0 aliphatic heterocycles. The molecule has 35 heavy (non-hydrogen) atoms. The van der Waals surface area contributed by atoms with Gasteiger partial charge in [0, 0.05) is 4.90 Å². The molecule has 1 N–H and O–H groups in total. The van der Waals surface area contributed by atoms with Gasteiger partial charge in [0.05, 0.1) is 12.7 Å². The molecule has 2 aromatic heterocycles. The van der Waals surface area contributed by atoms with Crippen LogP contribution in [-0.2, 0) is 17.9 Å². The minimum Gasteiger partial charge on any atom is -0.486 e. The monoisotopic (exact) mass is 500 g/mol. The fourth-order valence-corrected chi connectivity index (χ4v) is 3.54. The molecule has 0 atom stereocenters. The molecule has 4 rings (SSSR count). The Balaban J connectivity index is 1.40. The van der Waals surface area contributed by atoms with Crippen LogP contribution in [-0.4, -0.2) is 33.4 Å². The van der Waals surface area contributed by atoms with E-state index in [0.29, 0.717) is 27.5 Å². The minimum atomic E-state index is -1.20. The summed E-state index contributed by atoms with van der Waals surface area (Å²) in [6, 6.07) is 11.7. The molecule has 0 spiro atoms. The van der Waals surface area contributed by atoms with Gasteiger partial charge in [0.25, 0.3) is 5.91 Å². The first-order valence-corrected chi connectivity index (χ1v) is 10.6. The largest absolute Gasteiger partial charge is 0.486 e. The molecule has 0 saturated heterocycles. The van der Waals surface area contributed by atoms with E-state index in [1.807, 2.05) is 0 Å². The Morgan fingerprint density at radius 1 is 1.09 bits per heavy atom. The van der Waals surface area contributed by atoms with Crippen LogP contribution in [0.3, 0.4) is 0 Å². The van der Waals surface area contributed by atoms with Crippen molar-refractivity contribution in [3.05, 3.63) is 90.0 Å². The van der Waals surface area contributed by atoms with E-state index in [4.69, 9.17) is 18.7 Å². The van der Waals surface area contributed by atoms with Crippen LogP contribution in [0.25, 0.3) is 11.1 Å².